The van der Waals surface area contributed by atoms with E-state index in [2.05, 4.69) is 5.32 Å². The van der Waals surface area contributed by atoms with E-state index in [1.807, 2.05) is 6.92 Å². The fourth-order valence-electron chi connectivity index (χ4n) is 1.70. The van der Waals surface area contributed by atoms with Crippen LogP contribution in [0.2, 0.25) is 0 Å². The Labute approximate surface area is 87.2 Å². The van der Waals surface area contributed by atoms with E-state index in [1.165, 1.54) is 12.1 Å². The molecule has 1 aromatic carbocycles. The number of alkyl carbamates (subject to hydrolysis) is 1. The quantitative estimate of drug-likeness (QED) is 0.769. The van der Waals surface area contributed by atoms with Gasteiger partial charge >= 0.3 is 6.09 Å². The number of carbonyl (C=O) groups is 1. The molecule has 15 heavy (non-hydrogen) atoms. The van der Waals surface area contributed by atoms with Gasteiger partial charge in [-0.25, -0.2) is 9.18 Å². The molecule has 1 N–H and O–H groups in total. The van der Waals surface area contributed by atoms with Crippen LogP contribution in [0, 0.1) is 5.82 Å². The molecular formula is C11H12FNO2. The highest BCUT2D eigenvalue weighted by atomic mass is 19.1. The third-order valence-electron chi connectivity index (χ3n) is 2.64. The number of ether oxygens (including phenoxy) is 1. The third-order valence-corrected chi connectivity index (χ3v) is 2.64. The van der Waals surface area contributed by atoms with Gasteiger partial charge in [-0.3, -0.25) is 0 Å². The molecule has 1 heterocycles. The Morgan fingerprint density at radius 1 is 1.40 bits per heavy atom. The van der Waals surface area contributed by atoms with Gasteiger partial charge in [-0.1, -0.05) is 12.1 Å². The lowest BCUT2D eigenvalue weighted by Gasteiger charge is -2.33. The zero-order chi connectivity index (χ0) is 10.9. The molecule has 1 aliphatic rings. The summed E-state index contributed by atoms with van der Waals surface area (Å²) in [5.74, 6) is -0.289. The number of halogens is 1. The van der Waals surface area contributed by atoms with Crippen LogP contribution in [0.1, 0.15) is 18.9 Å². The molecule has 0 bridgehead atoms. The largest absolute Gasteiger partial charge is 0.438 e. The number of hydrogen-bond acceptors (Lipinski definition) is 2. The third kappa shape index (κ3) is 1.93. The molecule has 1 unspecified atom stereocenters. The smallest absolute Gasteiger partial charge is 0.408 e. The molecule has 3 nitrogen and oxygen atoms in total. The summed E-state index contributed by atoms with van der Waals surface area (Å²) in [6, 6.07) is 6.04. The van der Waals surface area contributed by atoms with Crippen LogP contribution < -0.4 is 5.32 Å². The number of nitrogens with one attached hydrogen (secondary N) is 1. The Morgan fingerprint density at radius 3 is 2.67 bits per heavy atom. The van der Waals surface area contributed by atoms with Crippen molar-refractivity contribution in [2.75, 3.05) is 6.54 Å². The van der Waals surface area contributed by atoms with Crippen LogP contribution in [0.25, 0.3) is 0 Å². The zero-order valence-electron chi connectivity index (χ0n) is 8.42. The second kappa shape index (κ2) is 3.53. The van der Waals surface area contributed by atoms with Gasteiger partial charge < -0.3 is 10.1 Å². The maximum absolute atomic E-state index is 12.7. The van der Waals surface area contributed by atoms with Crippen molar-refractivity contribution in [3.8, 4) is 0 Å². The number of cyclic esters (lactones) is 1. The predicted octanol–water partition coefficient (Wildman–Crippen LogP) is 2.17. The fraction of sp³-hybridized carbons (Fsp3) is 0.364. The van der Waals surface area contributed by atoms with Gasteiger partial charge in [0, 0.05) is 13.0 Å². The summed E-state index contributed by atoms with van der Waals surface area (Å²) in [7, 11) is 0. The summed E-state index contributed by atoms with van der Waals surface area (Å²) in [5.41, 5.74) is 0.175. The number of amides is 1. The lowest BCUT2D eigenvalue weighted by Crippen LogP contribution is -2.43. The Kier molecular flexibility index (Phi) is 2.34. The molecule has 0 spiro atoms. The van der Waals surface area contributed by atoms with Crippen LogP contribution in [0.5, 0.6) is 0 Å². The molecule has 1 atom stereocenters. The van der Waals surface area contributed by atoms with Crippen molar-refractivity contribution >= 4 is 6.09 Å². The second-order valence-electron chi connectivity index (χ2n) is 3.80. The summed E-state index contributed by atoms with van der Waals surface area (Å²) in [6.07, 6.45) is 0.262. The van der Waals surface area contributed by atoms with Crippen LogP contribution >= 0.6 is 0 Å². The van der Waals surface area contributed by atoms with Gasteiger partial charge in [0.05, 0.1) is 0 Å². The Hall–Kier alpha value is -1.58. The first-order valence-corrected chi connectivity index (χ1v) is 4.83. The van der Waals surface area contributed by atoms with Crippen LogP contribution in [0.4, 0.5) is 9.18 Å². The monoisotopic (exact) mass is 209 g/mol. The van der Waals surface area contributed by atoms with Gasteiger partial charge in [-0.2, -0.15) is 0 Å². The van der Waals surface area contributed by atoms with Crippen LogP contribution in [-0.4, -0.2) is 12.6 Å². The Morgan fingerprint density at radius 2 is 2.07 bits per heavy atom. The second-order valence-corrected chi connectivity index (χ2v) is 3.80. The van der Waals surface area contributed by atoms with Crippen molar-refractivity contribution in [1.82, 2.24) is 5.32 Å². The van der Waals surface area contributed by atoms with Gasteiger partial charge in [-0.15, -0.1) is 0 Å². The molecule has 1 aromatic rings. The van der Waals surface area contributed by atoms with Crippen LogP contribution in [-0.2, 0) is 10.3 Å². The summed E-state index contributed by atoms with van der Waals surface area (Å²) in [4.78, 5) is 11.1. The molecule has 0 aliphatic carbocycles. The number of hydrogen-bond donors (Lipinski definition) is 1. The number of carbonyl (C=O) groups excluding carboxylic acids is 1. The first-order chi connectivity index (χ1) is 7.10. The summed E-state index contributed by atoms with van der Waals surface area (Å²) in [5, 5.41) is 2.58. The topological polar surface area (TPSA) is 38.3 Å². The van der Waals surface area contributed by atoms with Gasteiger partial charge in [0.15, 0.2) is 0 Å². The van der Waals surface area contributed by atoms with Crippen molar-refractivity contribution in [3.63, 3.8) is 0 Å². The van der Waals surface area contributed by atoms with E-state index in [-0.39, 0.29) is 5.82 Å². The first kappa shape index (κ1) is 9.96. The maximum Gasteiger partial charge on any atom is 0.408 e. The molecule has 1 amide bonds. The van der Waals surface area contributed by atoms with Crippen LogP contribution in [0.3, 0.4) is 0 Å². The molecule has 1 fully saturated rings. The van der Waals surface area contributed by atoms with E-state index in [0.717, 1.165) is 5.56 Å². The lowest BCUT2D eigenvalue weighted by atomic mass is 9.91. The Bertz CT molecular complexity index is 377. The zero-order valence-corrected chi connectivity index (χ0v) is 8.42. The van der Waals surface area contributed by atoms with E-state index in [4.69, 9.17) is 4.74 Å². The van der Waals surface area contributed by atoms with E-state index in [1.54, 1.807) is 12.1 Å². The summed E-state index contributed by atoms with van der Waals surface area (Å²) < 4.78 is 18.0. The van der Waals surface area contributed by atoms with Crippen molar-refractivity contribution in [2.24, 2.45) is 0 Å². The standard InChI is InChI=1S/C11H12FNO2/c1-11(6-7-13-10(14)15-11)8-2-4-9(12)5-3-8/h2-5H,6-7H2,1H3,(H,13,14). The highest BCUT2D eigenvalue weighted by Gasteiger charge is 2.34. The average Bonchev–Trinajstić information content (AvgIpc) is 2.18. The van der Waals surface area contributed by atoms with E-state index in [9.17, 15) is 9.18 Å². The lowest BCUT2D eigenvalue weighted by molar-refractivity contribution is -0.00277. The minimum absolute atomic E-state index is 0.289. The normalized spacial score (nSPS) is 25.6. The molecule has 4 heteroatoms. The molecule has 80 valence electrons. The molecule has 2 rings (SSSR count). The first-order valence-electron chi connectivity index (χ1n) is 4.83. The molecule has 0 radical (unpaired) electrons. The number of rotatable bonds is 1. The van der Waals surface area contributed by atoms with E-state index >= 15 is 0 Å². The van der Waals surface area contributed by atoms with Gasteiger partial charge in [0.25, 0.3) is 0 Å². The average molecular weight is 209 g/mol. The van der Waals surface area contributed by atoms with E-state index in [0.29, 0.717) is 13.0 Å². The van der Waals surface area contributed by atoms with Crippen molar-refractivity contribution in [2.45, 2.75) is 18.9 Å². The van der Waals surface area contributed by atoms with E-state index < -0.39 is 11.7 Å². The fourth-order valence-corrected chi connectivity index (χ4v) is 1.70. The SMILES string of the molecule is CC1(c2ccc(F)cc2)CCNC(=O)O1. The molecule has 0 aromatic heterocycles. The molecule has 0 saturated carbocycles. The highest BCUT2D eigenvalue weighted by Crippen LogP contribution is 2.30. The van der Waals surface area contributed by atoms with Gasteiger partial charge in [0.2, 0.25) is 0 Å². The predicted molar refractivity (Wildman–Crippen MR) is 52.9 cm³/mol. The van der Waals surface area contributed by atoms with Crippen LogP contribution in [0.15, 0.2) is 24.3 Å². The maximum atomic E-state index is 12.7. The van der Waals surface area contributed by atoms with Crippen molar-refractivity contribution in [1.29, 1.82) is 0 Å². The Balaban J connectivity index is 2.28. The minimum atomic E-state index is -0.643. The van der Waals surface area contributed by atoms with Crippen molar-refractivity contribution in [3.05, 3.63) is 35.6 Å². The van der Waals surface area contributed by atoms with Gasteiger partial charge in [-0.05, 0) is 24.6 Å². The summed E-state index contributed by atoms with van der Waals surface area (Å²) in [6.45, 7) is 2.41. The molecule has 1 saturated heterocycles. The minimum Gasteiger partial charge on any atom is -0.438 e. The highest BCUT2D eigenvalue weighted by molar-refractivity contribution is 5.68. The summed E-state index contributed by atoms with van der Waals surface area (Å²) >= 11 is 0. The molecule has 1 aliphatic heterocycles. The van der Waals surface area contributed by atoms with Gasteiger partial charge in [0.1, 0.15) is 11.4 Å². The van der Waals surface area contributed by atoms with Crippen molar-refractivity contribution < 1.29 is 13.9 Å². The number of benzene rings is 1. The molecular weight excluding hydrogens is 197 g/mol.